The van der Waals surface area contributed by atoms with E-state index in [4.69, 9.17) is 0 Å². The second-order valence-electron chi connectivity index (χ2n) is 4.46. The fraction of sp³-hybridized carbons (Fsp3) is 0.583. The summed E-state index contributed by atoms with van der Waals surface area (Å²) < 4.78 is 26.7. The van der Waals surface area contributed by atoms with Crippen molar-refractivity contribution in [3.8, 4) is 0 Å². The fourth-order valence-corrected chi connectivity index (χ4v) is 1.99. The quantitative estimate of drug-likeness (QED) is 0.716. The third kappa shape index (κ3) is 5.44. The SMILES string of the molecule is CCCCCNc1ccc(NS(=O)(=O)N(C)C)cn1. The number of aromatic nitrogens is 1. The van der Waals surface area contributed by atoms with E-state index in [0.717, 1.165) is 23.1 Å². The smallest absolute Gasteiger partial charge is 0.301 e. The molecule has 0 aliphatic rings. The van der Waals surface area contributed by atoms with Crippen LogP contribution in [0, 0.1) is 0 Å². The standard InChI is InChI=1S/C12H22N4O2S/c1-4-5-6-9-13-12-8-7-11(10-14-12)15-19(17,18)16(2)3/h7-8,10,15H,4-6,9H2,1-3H3,(H,13,14). The molecule has 0 aromatic carbocycles. The van der Waals surface area contributed by atoms with Crippen molar-refractivity contribution in [2.24, 2.45) is 0 Å². The molecule has 1 aromatic heterocycles. The monoisotopic (exact) mass is 286 g/mol. The lowest BCUT2D eigenvalue weighted by molar-refractivity contribution is 0.527. The van der Waals surface area contributed by atoms with Crippen molar-refractivity contribution in [3.05, 3.63) is 18.3 Å². The van der Waals surface area contributed by atoms with E-state index in [2.05, 4.69) is 21.9 Å². The van der Waals surface area contributed by atoms with Gasteiger partial charge in [-0.05, 0) is 18.6 Å². The minimum absolute atomic E-state index is 0.452. The zero-order valence-corrected chi connectivity index (χ0v) is 12.5. The molecule has 0 fully saturated rings. The average Bonchev–Trinajstić information content (AvgIpc) is 2.36. The lowest BCUT2D eigenvalue weighted by atomic mass is 10.2. The topological polar surface area (TPSA) is 74.3 Å². The third-order valence-electron chi connectivity index (χ3n) is 2.58. The Morgan fingerprint density at radius 1 is 1.26 bits per heavy atom. The van der Waals surface area contributed by atoms with Crippen molar-refractivity contribution >= 4 is 21.7 Å². The summed E-state index contributed by atoms with van der Waals surface area (Å²) in [5.74, 6) is 0.754. The predicted octanol–water partition coefficient (Wildman–Crippen LogP) is 1.90. The van der Waals surface area contributed by atoms with Gasteiger partial charge >= 0.3 is 10.2 Å². The highest BCUT2D eigenvalue weighted by Crippen LogP contribution is 2.12. The number of pyridine rings is 1. The molecule has 0 radical (unpaired) electrons. The second kappa shape index (κ2) is 7.30. The first-order valence-corrected chi connectivity index (χ1v) is 7.80. The van der Waals surface area contributed by atoms with Crippen molar-refractivity contribution in [3.63, 3.8) is 0 Å². The number of unbranched alkanes of at least 4 members (excludes halogenated alkanes) is 2. The first-order valence-electron chi connectivity index (χ1n) is 6.36. The summed E-state index contributed by atoms with van der Waals surface area (Å²) in [5, 5.41) is 3.19. The van der Waals surface area contributed by atoms with E-state index >= 15 is 0 Å². The summed E-state index contributed by atoms with van der Waals surface area (Å²) in [7, 11) is -0.522. The molecular formula is C12H22N4O2S. The van der Waals surface area contributed by atoms with E-state index < -0.39 is 10.2 Å². The van der Waals surface area contributed by atoms with Crippen molar-refractivity contribution in [2.45, 2.75) is 26.2 Å². The van der Waals surface area contributed by atoms with E-state index in [0.29, 0.717) is 5.69 Å². The number of hydrogen-bond acceptors (Lipinski definition) is 4. The van der Waals surface area contributed by atoms with Crippen LogP contribution in [-0.2, 0) is 10.2 Å². The largest absolute Gasteiger partial charge is 0.370 e. The van der Waals surface area contributed by atoms with Gasteiger partial charge in [-0.3, -0.25) is 4.72 Å². The molecule has 0 spiro atoms. The summed E-state index contributed by atoms with van der Waals surface area (Å²) in [6.07, 6.45) is 4.98. The average molecular weight is 286 g/mol. The van der Waals surface area contributed by atoms with Crippen LogP contribution in [0.3, 0.4) is 0 Å². The van der Waals surface area contributed by atoms with Gasteiger partial charge in [-0.1, -0.05) is 19.8 Å². The Hall–Kier alpha value is -1.34. The van der Waals surface area contributed by atoms with Crippen molar-refractivity contribution in [1.29, 1.82) is 0 Å². The third-order valence-corrected chi connectivity index (χ3v) is 4.03. The molecule has 0 unspecified atom stereocenters. The van der Waals surface area contributed by atoms with Crippen LogP contribution in [-0.4, -0.2) is 38.3 Å². The maximum atomic E-state index is 11.6. The Labute approximate surface area is 115 Å². The first-order chi connectivity index (χ1) is 8.95. The van der Waals surface area contributed by atoms with Crippen LogP contribution in [0.5, 0.6) is 0 Å². The predicted molar refractivity (Wildman–Crippen MR) is 78.5 cm³/mol. The number of rotatable bonds is 8. The normalized spacial score (nSPS) is 11.6. The molecular weight excluding hydrogens is 264 g/mol. The highest BCUT2D eigenvalue weighted by atomic mass is 32.2. The molecule has 2 N–H and O–H groups in total. The zero-order valence-electron chi connectivity index (χ0n) is 11.7. The molecule has 6 nitrogen and oxygen atoms in total. The molecule has 0 saturated heterocycles. The summed E-state index contributed by atoms with van der Waals surface area (Å²) in [6.45, 7) is 3.04. The molecule has 0 atom stereocenters. The lowest BCUT2D eigenvalue weighted by Crippen LogP contribution is -2.28. The number of anilines is 2. The molecule has 0 aliphatic carbocycles. The molecule has 0 saturated carbocycles. The van der Waals surface area contributed by atoms with Gasteiger partial charge in [0.25, 0.3) is 0 Å². The molecule has 1 heterocycles. The van der Waals surface area contributed by atoms with E-state index in [1.807, 2.05) is 0 Å². The molecule has 108 valence electrons. The molecule has 1 rings (SSSR count). The van der Waals surface area contributed by atoms with Crippen LogP contribution in [0.25, 0.3) is 0 Å². The van der Waals surface area contributed by atoms with Gasteiger partial charge in [0.1, 0.15) is 5.82 Å². The van der Waals surface area contributed by atoms with Gasteiger partial charge in [0, 0.05) is 20.6 Å². The highest BCUT2D eigenvalue weighted by Gasteiger charge is 2.12. The van der Waals surface area contributed by atoms with Crippen molar-refractivity contribution < 1.29 is 8.42 Å². The van der Waals surface area contributed by atoms with Crippen LogP contribution in [0.15, 0.2) is 18.3 Å². The number of hydrogen-bond donors (Lipinski definition) is 2. The number of nitrogens with one attached hydrogen (secondary N) is 2. The minimum Gasteiger partial charge on any atom is -0.370 e. The maximum absolute atomic E-state index is 11.6. The Kier molecular flexibility index (Phi) is 6.04. The molecule has 7 heteroatoms. The van der Waals surface area contributed by atoms with Crippen molar-refractivity contribution in [1.82, 2.24) is 9.29 Å². The summed E-state index contributed by atoms with van der Waals surface area (Å²) in [4.78, 5) is 4.16. The van der Waals surface area contributed by atoms with Crippen LogP contribution < -0.4 is 10.0 Å². The first kappa shape index (κ1) is 15.7. The molecule has 19 heavy (non-hydrogen) atoms. The zero-order chi connectivity index (χ0) is 14.3. The molecule has 0 aliphatic heterocycles. The lowest BCUT2D eigenvalue weighted by Gasteiger charge is -2.13. The fourth-order valence-electron chi connectivity index (χ4n) is 1.39. The molecule has 1 aromatic rings. The van der Waals surface area contributed by atoms with Crippen LogP contribution in [0.2, 0.25) is 0 Å². The maximum Gasteiger partial charge on any atom is 0.301 e. The minimum atomic E-state index is -3.47. The van der Waals surface area contributed by atoms with Gasteiger partial charge in [0.2, 0.25) is 0 Å². The van der Waals surface area contributed by atoms with E-state index in [1.54, 1.807) is 12.1 Å². The van der Waals surface area contributed by atoms with Crippen LogP contribution >= 0.6 is 0 Å². The summed E-state index contributed by atoms with van der Waals surface area (Å²) in [5.41, 5.74) is 0.452. The summed E-state index contributed by atoms with van der Waals surface area (Å²) in [6, 6.07) is 3.45. The van der Waals surface area contributed by atoms with Gasteiger partial charge in [0.15, 0.2) is 0 Å². The van der Waals surface area contributed by atoms with E-state index in [9.17, 15) is 8.42 Å². The van der Waals surface area contributed by atoms with Gasteiger partial charge in [0.05, 0.1) is 11.9 Å². The Morgan fingerprint density at radius 3 is 2.53 bits per heavy atom. The number of nitrogens with zero attached hydrogens (tertiary/aromatic N) is 2. The van der Waals surface area contributed by atoms with Crippen molar-refractivity contribution in [2.75, 3.05) is 30.7 Å². The molecule has 0 bridgehead atoms. The Bertz CT molecular complexity index is 471. The second-order valence-corrected chi connectivity index (χ2v) is 6.34. The van der Waals surface area contributed by atoms with Crippen LogP contribution in [0.1, 0.15) is 26.2 Å². The van der Waals surface area contributed by atoms with E-state index in [-0.39, 0.29) is 0 Å². The van der Waals surface area contributed by atoms with Gasteiger partial charge < -0.3 is 5.32 Å². The van der Waals surface area contributed by atoms with Gasteiger partial charge in [-0.2, -0.15) is 12.7 Å². The van der Waals surface area contributed by atoms with E-state index in [1.165, 1.54) is 33.1 Å². The Balaban J connectivity index is 2.52. The molecule has 0 amide bonds. The van der Waals surface area contributed by atoms with Gasteiger partial charge in [-0.15, -0.1) is 0 Å². The van der Waals surface area contributed by atoms with Crippen LogP contribution in [0.4, 0.5) is 11.5 Å². The van der Waals surface area contributed by atoms with Gasteiger partial charge in [-0.25, -0.2) is 4.98 Å². The Morgan fingerprint density at radius 2 is 2.00 bits per heavy atom. The highest BCUT2D eigenvalue weighted by molar-refractivity contribution is 7.90. The summed E-state index contributed by atoms with van der Waals surface area (Å²) >= 11 is 0.